The molecule has 0 aromatic carbocycles. The number of nitrogens with zero attached hydrogens (tertiary/aromatic N) is 1. The average Bonchev–Trinajstić information content (AvgIpc) is 1.79. The van der Waals surface area contributed by atoms with Crippen LogP contribution in [0, 0.1) is 11.8 Å². The van der Waals surface area contributed by atoms with Crippen molar-refractivity contribution in [2.45, 2.75) is 26.6 Å². The molecule has 0 spiro atoms. The summed E-state index contributed by atoms with van der Waals surface area (Å²) in [7, 11) is 1.23. The summed E-state index contributed by atoms with van der Waals surface area (Å²) in [5.41, 5.74) is 0. The van der Waals surface area contributed by atoms with E-state index in [4.69, 9.17) is 0 Å². The van der Waals surface area contributed by atoms with Crippen LogP contribution in [0.4, 0.5) is 0 Å². The molecule has 0 rings (SSSR count). The van der Waals surface area contributed by atoms with Gasteiger partial charge in [0, 0.05) is 0 Å². The van der Waals surface area contributed by atoms with Crippen molar-refractivity contribution in [3.63, 3.8) is 0 Å². The maximum Gasteiger partial charge on any atom is 0.0599 e. The smallest absolute Gasteiger partial charge is 0.0599 e. The molecule has 0 aromatic rings. The maximum absolute atomic E-state index is 3.07. The fourth-order valence-corrected chi connectivity index (χ4v) is 2.81. The molecule has 11 heavy (non-hydrogen) atoms. The molecule has 0 aliphatic heterocycles. The highest BCUT2D eigenvalue weighted by molar-refractivity contribution is 6.76. The van der Waals surface area contributed by atoms with Crippen molar-refractivity contribution in [1.82, 2.24) is 4.90 Å². The van der Waals surface area contributed by atoms with E-state index in [9.17, 15) is 0 Å². The van der Waals surface area contributed by atoms with Crippen LogP contribution in [0.5, 0.6) is 0 Å². The SMILES string of the molecule is CC#CCN(C)C[Si](C)(C)C. The van der Waals surface area contributed by atoms with Crippen LogP contribution in [0.15, 0.2) is 0 Å². The molecule has 0 fully saturated rings. The molecule has 0 aromatic heterocycles. The molecule has 0 saturated carbocycles. The molecule has 2 heteroatoms. The highest BCUT2D eigenvalue weighted by Gasteiger charge is 2.14. The normalized spacial score (nSPS) is 11.1. The van der Waals surface area contributed by atoms with E-state index < -0.39 is 8.07 Å². The fraction of sp³-hybridized carbons (Fsp3) is 0.778. The zero-order valence-corrected chi connectivity index (χ0v) is 9.36. The van der Waals surface area contributed by atoms with Gasteiger partial charge in [-0.15, -0.1) is 5.92 Å². The van der Waals surface area contributed by atoms with E-state index >= 15 is 0 Å². The first-order chi connectivity index (χ1) is 4.95. The maximum atomic E-state index is 3.07. The molecule has 0 saturated heterocycles. The van der Waals surface area contributed by atoms with Gasteiger partial charge in [0.1, 0.15) is 0 Å². The minimum Gasteiger partial charge on any atom is -0.298 e. The summed E-state index contributed by atoms with van der Waals surface area (Å²) in [6.45, 7) is 9.94. The Morgan fingerprint density at radius 2 is 1.82 bits per heavy atom. The van der Waals surface area contributed by atoms with Crippen molar-refractivity contribution < 1.29 is 0 Å². The Morgan fingerprint density at radius 3 is 2.18 bits per heavy atom. The first kappa shape index (κ1) is 10.7. The Labute approximate surface area is 71.8 Å². The summed E-state index contributed by atoms with van der Waals surface area (Å²) in [5, 5.41) is 0. The Kier molecular flexibility index (Phi) is 4.47. The lowest BCUT2D eigenvalue weighted by atomic mass is 10.6. The topological polar surface area (TPSA) is 3.24 Å². The van der Waals surface area contributed by atoms with E-state index in [1.807, 2.05) is 6.92 Å². The lowest BCUT2D eigenvalue weighted by Crippen LogP contribution is -2.38. The van der Waals surface area contributed by atoms with Crippen LogP contribution in [0.2, 0.25) is 19.6 Å². The van der Waals surface area contributed by atoms with Crippen molar-refractivity contribution >= 4 is 8.07 Å². The van der Waals surface area contributed by atoms with E-state index in [0.717, 1.165) is 6.54 Å². The second kappa shape index (κ2) is 4.58. The second-order valence-electron chi connectivity index (χ2n) is 4.16. The summed E-state index contributed by atoms with van der Waals surface area (Å²) in [5.74, 6) is 5.98. The predicted octanol–water partition coefficient (Wildman–Crippen LogP) is 1.82. The molecular weight excluding hydrogens is 150 g/mol. The number of rotatable bonds is 3. The van der Waals surface area contributed by atoms with Crippen LogP contribution in [-0.4, -0.2) is 32.7 Å². The minimum absolute atomic E-state index is 0.912. The Bertz CT molecular complexity index is 159. The van der Waals surface area contributed by atoms with E-state index in [1.54, 1.807) is 0 Å². The van der Waals surface area contributed by atoms with Gasteiger partial charge in [-0.1, -0.05) is 25.6 Å². The quantitative estimate of drug-likeness (QED) is 0.460. The third-order valence-electron chi connectivity index (χ3n) is 1.27. The van der Waals surface area contributed by atoms with Crippen molar-refractivity contribution in [3.8, 4) is 11.8 Å². The van der Waals surface area contributed by atoms with Gasteiger partial charge >= 0.3 is 0 Å². The predicted molar refractivity (Wildman–Crippen MR) is 54.3 cm³/mol. The summed E-state index contributed by atoms with van der Waals surface area (Å²) in [6, 6.07) is 0. The van der Waals surface area contributed by atoms with E-state index in [1.165, 1.54) is 6.17 Å². The zero-order chi connectivity index (χ0) is 8.91. The van der Waals surface area contributed by atoms with Gasteiger partial charge in [0.15, 0.2) is 0 Å². The van der Waals surface area contributed by atoms with E-state index in [0.29, 0.717) is 0 Å². The monoisotopic (exact) mass is 169 g/mol. The fourth-order valence-electron chi connectivity index (χ4n) is 1.08. The Balaban J connectivity index is 3.66. The molecule has 0 bridgehead atoms. The molecule has 0 aliphatic carbocycles. The molecule has 64 valence electrons. The molecule has 0 unspecified atom stereocenters. The second-order valence-corrected chi connectivity index (χ2v) is 9.60. The van der Waals surface area contributed by atoms with Gasteiger partial charge < -0.3 is 0 Å². The summed E-state index contributed by atoms with van der Waals surface area (Å²) in [6.07, 6.45) is 1.24. The largest absolute Gasteiger partial charge is 0.298 e. The Hall–Kier alpha value is -0.263. The van der Waals surface area contributed by atoms with Crippen LogP contribution in [0.1, 0.15) is 6.92 Å². The third-order valence-corrected chi connectivity index (χ3v) is 2.76. The van der Waals surface area contributed by atoms with Crippen molar-refractivity contribution in [3.05, 3.63) is 0 Å². The van der Waals surface area contributed by atoms with Gasteiger partial charge in [0.25, 0.3) is 0 Å². The molecule has 0 aliphatic rings. The van der Waals surface area contributed by atoms with Gasteiger partial charge in [0.2, 0.25) is 0 Å². The molecule has 0 N–H and O–H groups in total. The summed E-state index contributed by atoms with van der Waals surface area (Å²) in [4.78, 5) is 2.31. The van der Waals surface area contributed by atoms with Crippen molar-refractivity contribution in [2.24, 2.45) is 0 Å². The standard InChI is InChI=1S/C9H19NSi/c1-6-7-8-10(2)9-11(3,4)5/h8-9H2,1-5H3. The summed E-state index contributed by atoms with van der Waals surface area (Å²) >= 11 is 0. The van der Waals surface area contributed by atoms with Crippen LogP contribution >= 0.6 is 0 Å². The van der Waals surface area contributed by atoms with Gasteiger partial charge in [-0.2, -0.15) is 0 Å². The molecule has 0 heterocycles. The molecule has 0 atom stereocenters. The highest BCUT2D eigenvalue weighted by Crippen LogP contribution is 2.01. The minimum atomic E-state index is -0.912. The van der Waals surface area contributed by atoms with Gasteiger partial charge in [-0.05, 0) is 20.1 Å². The first-order valence-electron chi connectivity index (χ1n) is 4.04. The molecule has 0 radical (unpaired) electrons. The third kappa shape index (κ3) is 7.64. The number of hydrogen-bond donors (Lipinski definition) is 0. The number of hydrogen-bond acceptors (Lipinski definition) is 1. The molecular formula is C9H19NSi. The Morgan fingerprint density at radius 1 is 1.27 bits per heavy atom. The van der Waals surface area contributed by atoms with Crippen molar-refractivity contribution in [1.29, 1.82) is 0 Å². The first-order valence-corrected chi connectivity index (χ1v) is 7.74. The average molecular weight is 169 g/mol. The molecule has 1 nitrogen and oxygen atoms in total. The molecule has 0 amide bonds. The highest BCUT2D eigenvalue weighted by atomic mass is 28.3. The van der Waals surface area contributed by atoms with Crippen LogP contribution in [0.3, 0.4) is 0 Å². The van der Waals surface area contributed by atoms with E-state index in [2.05, 4.69) is 43.4 Å². The lowest BCUT2D eigenvalue weighted by Gasteiger charge is -2.22. The van der Waals surface area contributed by atoms with Crippen LogP contribution < -0.4 is 0 Å². The van der Waals surface area contributed by atoms with Gasteiger partial charge in [0.05, 0.1) is 14.6 Å². The van der Waals surface area contributed by atoms with E-state index in [-0.39, 0.29) is 0 Å². The zero-order valence-electron chi connectivity index (χ0n) is 8.36. The van der Waals surface area contributed by atoms with Gasteiger partial charge in [-0.3, -0.25) is 4.90 Å². The van der Waals surface area contributed by atoms with Crippen molar-refractivity contribution in [2.75, 3.05) is 19.8 Å². The van der Waals surface area contributed by atoms with Gasteiger partial charge in [-0.25, -0.2) is 0 Å². The van der Waals surface area contributed by atoms with Crippen LogP contribution in [0.25, 0.3) is 0 Å². The summed E-state index contributed by atoms with van der Waals surface area (Å²) < 4.78 is 0. The van der Waals surface area contributed by atoms with Crippen LogP contribution in [-0.2, 0) is 0 Å². The lowest BCUT2D eigenvalue weighted by molar-refractivity contribution is 0.432.